The second-order valence-electron chi connectivity index (χ2n) is 5.48. The van der Waals surface area contributed by atoms with E-state index in [0.717, 1.165) is 11.4 Å². The molecule has 1 rings (SSSR count). The fourth-order valence-corrected chi connectivity index (χ4v) is 2.43. The molecule has 0 bridgehead atoms. The largest absolute Gasteiger partial charge is 0.241 e. The van der Waals surface area contributed by atoms with E-state index in [9.17, 15) is 8.42 Å². The smallest absolute Gasteiger partial charge is 0.150 e. The molecule has 0 radical (unpaired) electrons. The molecule has 0 aromatic carbocycles. The Morgan fingerprint density at radius 2 is 1.89 bits per heavy atom. The standard InChI is InChI=1S/C13H22N2O2S/c1-5-18(16,17)8-6-7-11-9-12(13(2,3)4)15-10-14-11/h9-10H,5-8H2,1-4H3. The molecular formula is C13H22N2O2S. The first-order valence-corrected chi connectivity index (χ1v) is 8.08. The van der Waals surface area contributed by atoms with Crippen LogP contribution < -0.4 is 0 Å². The van der Waals surface area contributed by atoms with Gasteiger partial charge in [0.15, 0.2) is 0 Å². The summed E-state index contributed by atoms with van der Waals surface area (Å²) in [5, 5.41) is 0. The molecule has 0 N–H and O–H groups in total. The molecule has 0 aliphatic heterocycles. The molecule has 0 saturated carbocycles. The van der Waals surface area contributed by atoms with Gasteiger partial charge in [0.2, 0.25) is 0 Å². The van der Waals surface area contributed by atoms with E-state index in [0.29, 0.717) is 12.8 Å². The average Bonchev–Trinajstić information content (AvgIpc) is 2.28. The third-order valence-electron chi connectivity index (χ3n) is 2.82. The highest BCUT2D eigenvalue weighted by Crippen LogP contribution is 2.20. The highest BCUT2D eigenvalue weighted by Gasteiger charge is 2.16. The van der Waals surface area contributed by atoms with Crippen LogP contribution in [-0.2, 0) is 21.7 Å². The van der Waals surface area contributed by atoms with E-state index in [2.05, 4.69) is 30.7 Å². The molecule has 1 aromatic heterocycles. The predicted molar refractivity (Wildman–Crippen MR) is 73.4 cm³/mol. The Labute approximate surface area is 110 Å². The second-order valence-corrected chi connectivity index (χ2v) is 7.96. The summed E-state index contributed by atoms with van der Waals surface area (Å²) in [7, 11) is -2.87. The summed E-state index contributed by atoms with van der Waals surface area (Å²) >= 11 is 0. The zero-order valence-corrected chi connectivity index (χ0v) is 12.4. The second kappa shape index (κ2) is 5.78. The Bertz CT molecular complexity index is 490. The van der Waals surface area contributed by atoms with E-state index in [1.54, 1.807) is 13.3 Å². The summed E-state index contributed by atoms with van der Waals surface area (Å²) in [6.07, 6.45) is 2.87. The molecule has 0 amide bonds. The molecule has 1 aromatic rings. The lowest BCUT2D eigenvalue weighted by atomic mass is 9.91. The Balaban J connectivity index is 2.64. The minimum absolute atomic E-state index is 0.00676. The van der Waals surface area contributed by atoms with Crippen molar-refractivity contribution in [1.82, 2.24) is 9.97 Å². The maximum atomic E-state index is 11.4. The zero-order valence-electron chi connectivity index (χ0n) is 11.6. The Kier molecular flexibility index (Phi) is 4.85. The molecule has 4 nitrogen and oxygen atoms in total. The summed E-state index contributed by atoms with van der Waals surface area (Å²) < 4.78 is 22.8. The first-order chi connectivity index (χ1) is 8.24. The molecule has 1 heterocycles. The van der Waals surface area contributed by atoms with Gasteiger partial charge in [-0.2, -0.15) is 0 Å². The molecule has 0 fully saturated rings. The number of rotatable bonds is 5. The van der Waals surface area contributed by atoms with Crippen molar-refractivity contribution in [2.75, 3.05) is 11.5 Å². The van der Waals surface area contributed by atoms with Crippen molar-refractivity contribution in [3.8, 4) is 0 Å². The van der Waals surface area contributed by atoms with Crippen LogP contribution in [0.2, 0.25) is 0 Å². The van der Waals surface area contributed by atoms with Crippen LogP contribution in [0.1, 0.15) is 45.5 Å². The number of hydrogen-bond acceptors (Lipinski definition) is 4. The number of hydrogen-bond donors (Lipinski definition) is 0. The zero-order chi connectivity index (χ0) is 13.8. The highest BCUT2D eigenvalue weighted by atomic mass is 32.2. The molecule has 0 saturated heterocycles. The molecule has 5 heteroatoms. The van der Waals surface area contributed by atoms with Crippen LogP contribution in [0.3, 0.4) is 0 Å². The van der Waals surface area contributed by atoms with Gasteiger partial charge in [0.25, 0.3) is 0 Å². The molecule has 18 heavy (non-hydrogen) atoms. The number of aryl methyl sites for hydroxylation is 1. The van der Waals surface area contributed by atoms with Gasteiger partial charge in [0, 0.05) is 22.6 Å². The molecule has 0 spiro atoms. The molecule has 0 aliphatic carbocycles. The van der Waals surface area contributed by atoms with Gasteiger partial charge < -0.3 is 0 Å². The van der Waals surface area contributed by atoms with Gasteiger partial charge in [-0.3, -0.25) is 0 Å². The van der Waals surface area contributed by atoms with E-state index >= 15 is 0 Å². The number of aromatic nitrogens is 2. The molecule has 0 aliphatic rings. The minimum atomic E-state index is -2.87. The minimum Gasteiger partial charge on any atom is -0.241 e. The van der Waals surface area contributed by atoms with E-state index < -0.39 is 9.84 Å². The van der Waals surface area contributed by atoms with Crippen molar-refractivity contribution in [3.63, 3.8) is 0 Å². The third-order valence-corrected chi connectivity index (χ3v) is 4.61. The van der Waals surface area contributed by atoms with Crippen LogP contribution in [0.5, 0.6) is 0 Å². The van der Waals surface area contributed by atoms with Gasteiger partial charge in [0.05, 0.1) is 5.75 Å². The summed E-state index contributed by atoms with van der Waals surface area (Å²) in [4.78, 5) is 8.45. The van der Waals surface area contributed by atoms with Gasteiger partial charge in [0.1, 0.15) is 16.2 Å². The number of sulfone groups is 1. The summed E-state index contributed by atoms with van der Waals surface area (Å²) in [6, 6.07) is 1.97. The summed E-state index contributed by atoms with van der Waals surface area (Å²) in [6.45, 7) is 7.97. The maximum Gasteiger partial charge on any atom is 0.150 e. The average molecular weight is 270 g/mol. The van der Waals surface area contributed by atoms with E-state index in [4.69, 9.17) is 0 Å². The lowest BCUT2D eigenvalue weighted by Crippen LogP contribution is -2.15. The summed E-state index contributed by atoms with van der Waals surface area (Å²) in [5.74, 6) is 0.447. The topological polar surface area (TPSA) is 59.9 Å². The van der Waals surface area contributed by atoms with E-state index in [1.807, 2.05) is 6.07 Å². The van der Waals surface area contributed by atoms with Gasteiger partial charge in [-0.05, 0) is 18.9 Å². The van der Waals surface area contributed by atoms with Crippen LogP contribution in [0, 0.1) is 0 Å². The Morgan fingerprint density at radius 3 is 2.44 bits per heavy atom. The maximum absolute atomic E-state index is 11.4. The monoisotopic (exact) mass is 270 g/mol. The summed E-state index contributed by atoms with van der Waals surface area (Å²) in [5.41, 5.74) is 1.90. The van der Waals surface area contributed by atoms with Crippen molar-refractivity contribution in [1.29, 1.82) is 0 Å². The third kappa shape index (κ3) is 4.72. The van der Waals surface area contributed by atoms with Crippen LogP contribution in [0.4, 0.5) is 0 Å². The first-order valence-electron chi connectivity index (χ1n) is 6.26. The van der Waals surface area contributed by atoms with Crippen LogP contribution in [-0.4, -0.2) is 29.9 Å². The highest BCUT2D eigenvalue weighted by molar-refractivity contribution is 7.91. The van der Waals surface area contributed by atoms with Gasteiger partial charge >= 0.3 is 0 Å². The lowest BCUT2D eigenvalue weighted by Gasteiger charge is -2.17. The Hall–Kier alpha value is -0.970. The van der Waals surface area contributed by atoms with Crippen molar-refractivity contribution >= 4 is 9.84 Å². The van der Waals surface area contributed by atoms with Gasteiger partial charge in [-0.15, -0.1) is 0 Å². The predicted octanol–water partition coefficient (Wildman–Crippen LogP) is 2.14. The van der Waals surface area contributed by atoms with Gasteiger partial charge in [-0.25, -0.2) is 18.4 Å². The van der Waals surface area contributed by atoms with Gasteiger partial charge in [-0.1, -0.05) is 27.7 Å². The molecule has 102 valence electrons. The van der Waals surface area contributed by atoms with Crippen molar-refractivity contribution in [2.45, 2.75) is 46.0 Å². The van der Waals surface area contributed by atoms with Crippen molar-refractivity contribution in [2.24, 2.45) is 0 Å². The molecular weight excluding hydrogens is 248 g/mol. The molecule has 0 atom stereocenters. The normalized spacial score (nSPS) is 12.7. The van der Waals surface area contributed by atoms with E-state index in [-0.39, 0.29) is 16.9 Å². The van der Waals surface area contributed by atoms with Crippen LogP contribution in [0.25, 0.3) is 0 Å². The lowest BCUT2D eigenvalue weighted by molar-refractivity contribution is 0.564. The fraction of sp³-hybridized carbons (Fsp3) is 0.692. The van der Waals surface area contributed by atoms with Crippen LogP contribution in [0.15, 0.2) is 12.4 Å². The Morgan fingerprint density at radius 1 is 1.22 bits per heavy atom. The quantitative estimate of drug-likeness (QED) is 0.822. The van der Waals surface area contributed by atoms with Crippen LogP contribution >= 0.6 is 0 Å². The fourth-order valence-electron chi connectivity index (χ4n) is 1.56. The van der Waals surface area contributed by atoms with Crippen molar-refractivity contribution < 1.29 is 8.42 Å². The molecule has 0 unspecified atom stereocenters. The van der Waals surface area contributed by atoms with Crippen molar-refractivity contribution in [3.05, 3.63) is 23.8 Å². The van der Waals surface area contributed by atoms with E-state index in [1.165, 1.54) is 0 Å². The number of nitrogens with zero attached hydrogens (tertiary/aromatic N) is 2. The SMILES string of the molecule is CCS(=O)(=O)CCCc1cc(C(C)(C)C)ncn1. The first kappa shape index (κ1) is 15.1.